The first-order valence-corrected chi connectivity index (χ1v) is 13.5. The number of Topliss-reactive ketones (excluding diaryl/α,β-unsaturated/α-hetero) is 1. The molecule has 2 aliphatic rings. The molecule has 0 radical (unpaired) electrons. The summed E-state index contributed by atoms with van der Waals surface area (Å²) in [5.74, 6) is 0.223. The van der Waals surface area contributed by atoms with Gasteiger partial charge in [-0.05, 0) is 54.3 Å². The molecule has 0 aromatic heterocycles. The van der Waals surface area contributed by atoms with Gasteiger partial charge in [-0.15, -0.1) is 0 Å². The van der Waals surface area contributed by atoms with Gasteiger partial charge in [-0.1, -0.05) is 38.6 Å². The standard InChI is InChI=1S/C31H38N2O6/c1-4-18-38-25-10-6-23(7-11-25)28-27(29(34)24-8-12-26(13-9-24)39-21-22(2)3)30(35)31(36)33(28)15-5-14-32-16-19-37-20-17-32/h4,6-13,22,28,34H,1,5,14-21H2,2-3H3. The fourth-order valence-corrected chi connectivity index (χ4v) is 4.78. The number of aliphatic hydroxyl groups excluding tert-OH is 1. The van der Waals surface area contributed by atoms with E-state index in [0.29, 0.717) is 62.4 Å². The van der Waals surface area contributed by atoms with Crippen molar-refractivity contribution in [3.63, 3.8) is 0 Å². The number of hydrogen-bond acceptors (Lipinski definition) is 7. The number of benzene rings is 2. The largest absolute Gasteiger partial charge is 0.507 e. The zero-order valence-corrected chi connectivity index (χ0v) is 22.8. The van der Waals surface area contributed by atoms with Crippen molar-refractivity contribution in [3.05, 3.63) is 77.9 Å². The van der Waals surface area contributed by atoms with Crippen LogP contribution in [-0.2, 0) is 14.3 Å². The molecule has 8 heteroatoms. The van der Waals surface area contributed by atoms with Crippen molar-refractivity contribution in [2.45, 2.75) is 26.3 Å². The van der Waals surface area contributed by atoms with E-state index >= 15 is 0 Å². The number of aliphatic hydroxyl groups is 1. The van der Waals surface area contributed by atoms with Crippen molar-refractivity contribution in [2.24, 2.45) is 5.92 Å². The minimum atomic E-state index is -0.708. The quantitative estimate of drug-likeness (QED) is 0.187. The molecule has 2 aliphatic heterocycles. The van der Waals surface area contributed by atoms with Crippen LogP contribution in [0.1, 0.15) is 37.4 Å². The number of carbonyl (C=O) groups is 2. The van der Waals surface area contributed by atoms with Crippen LogP contribution in [0.2, 0.25) is 0 Å². The second kappa shape index (κ2) is 13.4. The number of carbonyl (C=O) groups excluding carboxylic acids is 2. The Balaban J connectivity index is 1.62. The topological polar surface area (TPSA) is 88.5 Å². The van der Waals surface area contributed by atoms with Crippen LogP contribution in [-0.4, -0.2) is 79.2 Å². The summed E-state index contributed by atoms with van der Waals surface area (Å²) in [7, 11) is 0. The van der Waals surface area contributed by atoms with Gasteiger partial charge in [0.1, 0.15) is 23.9 Å². The average Bonchev–Trinajstić information content (AvgIpc) is 3.21. The van der Waals surface area contributed by atoms with Crippen LogP contribution >= 0.6 is 0 Å². The summed E-state index contributed by atoms with van der Waals surface area (Å²) in [6, 6.07) is 13.5. The molecule has 39 heavy (non-hydrogen) atoms. The highest BCUT2D eigenvalue weighted by Gasteiger charge is 2.45. The van der Waals surface area contributed by atoms with Crippen LogP contribution in [0, 0.1) is 5.92 Å². The van der Waals surface area contributed by atoms with E-state index in [1.54, 1.807) is 47.4 Å². The van der Waals surface area contributed by atoms with Gasteiger partial charge in [0, 0.05) is 31.7 Å². The van der Waals surface area contributed by atoms with E-state index in [-0.39, 0.29) is 11.3 Å². The zero-order chi connectivity index (χ0) is 27.8. The van der Waals surface area contributed by atoms with Gasteiger partial charge in [-0.3, -0.25) is 14.5 Å². The molecule has 8 nitrogen and oxygen atoms in total. The minimum Gasteiger partial charge on any atom is -0.507 e. The van der Waals surface area contributed by atoms with Crippen molar-refractivity contribution in [1.29, 1.82) is 0 Å². The average molecular weight is 535 g/mol. The van der Waals surface area contributed by atoms with E-state index in [9.17, 15) is 14.7 Å². The fourth-order valence-electron chi connectivity index (χ4n) is 4.78. The van der Waals surface area contributed by atoms with Gasteiger partial charge in [0.25, 0.3) is 11.7 Å². The molecule has 0 spiro atoms. The molecule has 2 saturated heterocycles. The minimum absolute atomic E-state index is 0.0852. The molecular weight excluding hydrogens is 496 g/mol. The third-order valence-corrected chi connectivity index (χ3v) is 6.79. The van der Waals surface area contributed by atoms with Crippen LogP contribution in [0.4, 0.5) is 0 Å². The smallest absolute Gasteiger partial charge is 0.295 e. The third-order valence-electron chi connectivity index (χ3n) is 6.79. The number of ether oxygens (including phenoxy) is 3. The number of hydrogen-bond donors (Lipinski definition) is 1. The maximum absolute atomic E-state index is 13.3. The molecule has 208 valence electrons. The maximum Gasteiger partial charge on any atom is 0.295 e. The lowest BCUT2D eigenvalue weighted by Crippen LogP contribution is -2.38. The first-order chi connectivity index (χ1) is 18.9. The first-order valence-electron chi connectivity index (χ1n) is 13.5. The molecule has 1 atom stereocenters. The summed E-state index contributed by atoms with van der Waals surface area (Å²) in [4.78, 5) is 30.5. The van der Waals surface area contributed by atoms with Crippen molar-refractivity contribution >= 4 is 17.4 Å². The van der Waals surface area contributed by atoms with Gasteiger partial charge < -0.3 is 24.2 Å². The van der Waals surface area contributed by atoms with Crippen molar-refractivity contribution in [3.8, 4) is 11.5 Å². The van der Waals surface area contributed by atoms with Crippen LogP contribution in [0.5, 0.6) is 11.5 Å². The fraction of sp³-hybridized carbons (Fsp3) is 0.419. The van der Waals surface area contributed by atoms with E-state index < -0.39 is 17.7 Å². The van der Waals surface area contributed by atoms with E-state index in [1.165, 1.54) is 0 Å². The lowest BCUT2D eigenvalue weighted by molar-refractivity contribution is -0.140. The number of nitrogens with zero attached hydrogens (tertiary/aromatic N) is 2. The Morgan fingerprint density at radius 1 is 1.03 bits per heavy atom. The van der Waals surface area contributed by atoms with Gasteiger partial charge in [-0.2, -0.15) is 0 Å². The Labute approximate surface area is 230 Å². The molecule has 0 aliphatic carbocycles. The first kappa shape index (κ1) is 28.4. The monoisotopic (exact) mass is 534 g/mol. The number of ketones is 1. The second-order valence-electron chi connectivity index (χ2n) is 10.2. The number of amides is 1. The molecule has 1 N–H and O–H groups in total. The normalized spacial score (nSPS) is 19.5. The molecule has 1 unspecified atom stereocenters. The summed E-state index contributed by atoms with van der Waals surface area (Å²) in [5, 5.41) is 11.3. The highest BCUT2D eigenvalue weighted by atomic mass is 16.5. The Morgan fingerprint density at radius 2 is 1.67 bits per heavy atom. The summed E-state index contributed by atoms with van der Waals surface area (Å²) in [6.45, 7) is 13.0. The highest BCUT2D eigenvalue weighted by Crippen LogP contribution is 2.40. The maximum atomic E-state index is 13.3. The molecule has 2 aromatic rings. The molecule has 1 amide bonds. The van der Waals surface area contributed by atoms with Crippen LogP contribution < -0.4 is 9.47 Å². The Hall–Kier alpha value is -3.62. The Bertz CT molecular complexity index is 1170. The molecule has 2 fully saturated rings. The molecular formula is C31H38N2O6. The lowest BCUT2D eigenvalue weighted by Gasteiger charge is -2.29. The summed E-state index contributed by atoms with van der Waals surface area (Å²) in [6.07, 6.45) is 2.36. The van der Waals surface area contributed by atoms with Crippen molar-refractivity contribution in [1.82, 2.24) is 9.80 Å². The molecule has 0 bridgehead atoms. The van der Waals surface area contributed by atoms with Gasteiger partial charge in [0.15, 0.2) is 0 Å². The van der Waals surface area contributed by atoms with Crippen LogP contribution in [0.3, 0.4) is 0 Å². The number of rotatable bonds is 12. The predicted molar refractivity (Wildman–Crippen MR) is 150 cm³/mol. The molecule has 4 rings (SSSR count). The number of morpholine rings is 1. The summed E-state index contributed by atoms with van der Waals surface area (Å²) < 4.78 is 16.8. The predicted octanol–water partition coefficient (Wildman–Crippen LogP) is 4.43. The van der Waals surface area contributed by atoms with E-state index in [2.05, 4.69) is 25.3 Å². The van der Waals surface area contributed by atoms with E-state index in [1.807, 2.05) is 12.1 Å². The number of likely N-dealkylation sites (tertiary alicyclic amines) is 1. The molecule has 0 saturated carbocycles. The SMILES string of the molecule is C=CCOc1ccc(C2C(=C(O)c3ccc(OCC(C)C)cc3)C(=O)C(=O)N2CCCN2CCOCC2)cc1. The van der Waals surface area contributed by atoms with E-state index in [4.69, 9.17) is 14.2 Å². The van der Waals surface area contributed by atoms with Crippen molar-refractivity contribution in [2.75, 3.05) is 52.6 Å². The highest BCUT2D eigenvalue weighted by molar-refractivity contribution is 6.46. The van der Waals surface area contributed by atoms with Gasteiger partial charge in [-0.25, -0.2) is 0 Å². The van der Waals surface area contributed by atoms with E-state index in [0.717, 1.165) is 25.2 Å². The van der Waals surface area contributed by atoms with Crippen LogP contribution in [0.25, 0.3) is 5.76 Å². The third kappa shape index (κ3) is 7.07. The Kier molecular flexibility index (Phi) is 9.79. The van der Waals surface area contributed by atoms with Gasteiger partial charge in [0.05, 0.1) is 31.4 Å². The van der Waals surface area contributed by atoms with Gasteiger partial charge >= 0.3 is 0 Å². The summed E-state index contributed by atoms with van der Waals surface area (Å²) in [5.41, 5.74) is 1.26. The van der Waals surface area contributed by atoms with Gasteiger partial charge in [0.2, 0.25) is 0 Å². The van der Waals surface area contributed by atoms with Crippen molar-refractivity contribution < 1.29 is 28.9 Å². The van der Waals surface area contributed by atoms with Crippen LogP contribution in [0.15, 0.2) is 66.8 Å². The molecule has 2 heterocycles. The Morgan fingerprint density at radius 3 is 2.31 bits per heavy atom. The second-order valence-corrected chi connectivity index (χ2v) is 10.2. The zero-order valence-electron chi connectivity index (χ0n) is 22.8. The lowest BCUT2D eigenvalue weighted by atomic mass is 9.95. The molecule has 2 aromatic carbocycles. The summed E-state index contributed by atoms with van der Waals surface area (Å²) >= 11 is 0.